The van der Waals surface area contributed by atoms with E-state index in [0.29, 0.717) is 27.1 Å². The van der Waals surface area contributed by atoms with Crippen molar-refractivity contribution < 1.29 is 31.8 Å². The zero-order valence-corrected chi connectivity index (χ0v) is 19.9. The van der Waals surface area contributed by atoms with Gasteiger partial charge in [0.2, 0.25) is 5.91 Å². The first-order valence-electron chi connectivity index (χ1n) is 9.68. The second-order valence-electron chi connectivity index (χ2n) is 6.93. The number of hydrogen-bond acceptors (Lipinski definition) is 3. The normalized spacial score (nSPS) is 11.5. The number of anilines is 1. The van der Waals surface area contributed by atoms with Crippen LogP contribution in [0.25, 0.3) is 6.08 Å². The molecule has 0 saturated carbocycles. The number of hydrogen-bond donors (Lipinski definition) is 1. The van der Waals surface area contributed by atoms with E-state index < -0.39 is 23.5 Å². The van der Waals surface area contributed by atoms with E-state index in [1.54, 1.807) is 30.3 Å². The van der Waals surface area contributed by atoms with Gasteiger partial charge in [0.1, 0.15) is 12.4 Å². The van der Waals surface area contributed by atoms with Crippen LogP contribution in [0.1, 0.15) is 16.7 Å². The number of methoxy groups -OCH3 is 1. The molecule has 4 nitrogen and oxygen atoms in total. The van der Waals surface area contributed by atoms with E-state index in [4.69, 9.17) is 21.1 Å². The standard InChI is InChI=1S/C24H17BrClF4NO3/c1-33-21-11-14(10-17(25)23(21)34-13-15-4-2-3-5-19(15)27)6-9-22(32)31-20-12-16(24(28,29)30)7-8-18(20)26/h2-12H,13H2,1H3,(H,31,32)/b9-6+. The third-order valence-corrected chi connectivity index (χ3v) is 5.48. The predicted octanol–water partition coefficient (Wildman–Crippen LogP) is 7.50. The largest absolute Gasteiger partial charge is 0.493 e. The summed E-state index contributed by atoms with van der Waals surface area (Å²) in [6, 6.07) is 12.1. The van der Waals surface area contributed by atoms with Crippen LogP contribution in [-0.2, 0) is 17.6 Å². The van der Waals surface area contributed by atoms with E-state index in [1.165, 1.54) is 19.3 Å². The van der Waals surface area contributed by atoms with Gasteiger partial charge in [-0.3, -0.25) is 4.79 Å². The molecule has 0 spiro atoms. The first-order chi connectivity index (χ1) is 16.1. The van der Waals surface area contributed by atoms with Gasteiger partial charge >= 0.3 is 6.18 Å². The lowest BCUT2D eigenvalue weighted by Gasteiger charge is -2.14. The van der Waals surface area contributed by atoms with Gasteiger partial charge in [-0.05, 0) is 64.0 Å². The Labute approximate surface area is 206 Å². The number of nitrogens with one attached hydrogen (secondary N) is 1. The Morgan fingerprint density at radius 2 is 1.88 bits per heavy atom. The van der Waals surface area contributed by atoms with Crippen LogP contribution >= 0.6 is 27.5 Å². The molecule has 0 aromatic heterocycles. The highest BCUT2D eigenvalue weighted by Gasteiger charge is 2.31. The summed E-state index contributed by atoms with van der Waals surface area (Å²) >= 11 is 9.27. The fourth-order valence-electron chi connectivity index (χ4n) is 2.89. The van der Waals surface area contributed by atoms with Gasteiger partial charge in [-0.15, -0.1) is 0 Å². The average molecular weight is 559 g/mol. The summed E-state index contributed by atoms with van der Waals surface area (Å²) < 4.78 is 64.1. The average Bonchev–Trinajstić information content (AvgIpc) is 2.78. The van der Waals surface area contributed by atoms with Crippen molar-refractivity contribution in [1.29, 1.82) is 0 Å². The number of rotatable bonds is 7. The van der Waals surface area contributed by atoms with Crippen molar-refractivity contribution in [3.8, 4) is 11.5 Å². The summed E-state index contributed by atoms with van der Waals surface area (Å²) in [5, 5.41) is 2.30. The molecule has 0 aliphatic rings. The van der Waals surface area contributed by atoms with Gasteiger partial charge in [-0.2, -0.15) is 13.2 Å². The van der Waals surface area contributed by atoms with Crippen molar-refractivity contribution in [3.63, 3.8) is 0 Å². The van der Waals surface area contributed by atoms with E-state index >= 15 is 0 Å². The van der Waals surface area contributed by atoms with Crippen molar-refractivity contribution in [1.82, 2.24) is 0 Å². The van der Waals surface area contributed by atoms with Crippen LogP contribution in [0.4, 0.5) is 23.2 Å². The second kappa shape index (κ2) is 10.9. The number of carbonyl (C=O) groups is 1. The highest BCUT2D eigenvalue weighted by molar-refractivity contribution is 9.10. The maximum atomic E-state index is 13.8. The van der Waals surface area contributed by atoms with Crippen molar-refractivity contribution >= 4 is 45.2 Å². The predicted molar refractivity (Wildman–Crippen MR) is 126 cm³/mol. The van der Waals surface area contributed by atoms with Crippen LogP contribution in [0.3, 0.4) is 0 Å². The molecule has 0 unspecified atom stereocenters. The van der Waals surface area contributed by atoms with Crippen molar-refractivity contribution in [3.05, 3.63) is 92.7 Å². The molecule has 178 valence electrons. The number of benzene rings is 3. The topological polar surface area (TPSA) is 47.6 Å². The molecule has 0 aliphatic carbocycles. The Morgan fingerprint density at radius 1 is 1.15 bits per heavy atom. The van der Waals surface area contributed by atoms with Crippen LogP contribution in [0.2, 0.25) is 5.02 Å². The van der Waals surface area contributed by atoms with Crippen LogP contribution < -0.4 is 14.8 Å². The minimum atomic E-state index is -4.57. The lowest BCUT2D eigenvalue weighted by Crippen LogP contribution is -2.11. The number of carbonyl (C=O) groups excluding carboxylic acids is 1. The third kappa shape index (κ3) is 6.51. The molecular formula is C24H17BrClF4NO3. The molecule has 0 atom stereocenters. The fraction of sp³-hybridized carbons (Fsp3) is 0.125. The van der Waals surface area contributed by atoms with E-state index in [1.807, 2.05) is 0 Å². The van der Waals surface area contributed by atoms with Crippen LogP contribution in [0.5, 0.6) is 11.5 Å². The smallest absolute Gasteiger partial charge is 0.416 e. The molecule has 1 amide bonds. The van der Waals surface area contributed by atoms with Crippen molar-refractivity contribution in [2.45, 2.75) is 12.8 Å². The van der Waals surface area contributed by atoms with E-state index in [0.717, 1.165) is 24.3 Å². The van der Waals surface area contributed by atoms with Gasteiger partial charge in [-0.25, -0.2) is 4.39 Å². The minimum absolute atomic E-state index is 0.0308. The highest BCUT2D eigenvalue weighted by atomic mass is 79.9. The Balaban J connectivity index is 1.74. The molecule has 0 radical (unpaired) electrons. The highest BCUT2D eigenvalue weighted by Crippen LogP contribution is 2.38. The van der Waals surface area contributed by atoms with E-state index in [2.05, 4.69) is 21.2 Å². The Bertz CT molecular complexity index is 1230. The molecule has 3 rings (SSSR count). The Morgan fingerprint density at radius 3 is 2.56 bits per heavy atom. The molecule has 0 fully saturated rings. The molecule has 3 aromatic carbocycles. The summed E-state index contributed by atoms with van der Waals surface area (Å²) in [4.78, 5) is 12.3. The van der Waals surface area contributed by atoms with Gasteiger partial charge in [0.25, 0.3) is 0 Å². The molecular weight excluding hydrogens is 542 g/mol. The number of amides is 1. The van der Waals surface area contributed by atoms with Gasteiger partial charge in [0.05, 0.1) is 27.9 Å². The molecule has 10 heteroatoms. The number of ether oxygens (including phenoxy) is 2. The summed E-state index contributed by atoms with van der Waals surface area (Å²) in [5.41, 5.74) is -0.199. The molecule has 0 heterocycles. The monoisotopic (exact) mass is 557 g/mol. The molecule has 0 aliphatic heterocycles. The van der Waals surface area contributed by atoms with E-state index in [-0.39, 0.29) is 17.3 Å². The lowest BCUT2D eigenvalue weighted by molar-refractivity contribution is -0.137. The zero-order valence-electron chi connectivity index (χ0n) is 17.6. The lowest BCUT2D eigenvalue weighted by atomic mass is 10.1. The number of alkyl halides is 3. The molecule has 0 saturated heterocycles. The maximum absolute atomic E-state index is 13.8. The van der Waals surface area contributed by atoms with Crippen molar-refractivity contribution in [2.24, 2.45) is 0 Å². The SMILES string of the molecule is COc1cc(/C=C/C(=O)Nc2cc(C(F)(F)F)ccc2Cl)cc(Br)c1OCc1ccccc1F. The summed E-state index contributed by atoms with van der Waals surface area (Å²) in [6.07, 6.45) is -2.00. The van der Waals surface area contributed by atoms with E-state index in [9.17, 15) is 22.4 Å². The molecule has 34 heavy (non-hydrogen) atoms. The van der Waals surface area contributed by atoms with Crippen LogP contribution in [0, 0.1) is 5.82 Å². The van der Waals surface area contributed by atoms with Gasteiger partial charge in [0.15, 0.2) is 11.5 Å². The molecule has 1 N–H and O–H groups in total. The van der Waals surface area contributed by atoms with Gasteiger partial charge in [0, 0.05) is 11.6 Å². The van der Waals surface area contributed by atoms with Crippen LogP contribution in [0.15, 0.2) is 65.1 Å². The van der Waals surface area contributed by atoms with Gasteiger partial charge in [-0.1, -0.05) is 29.8 Å². The fourth-order valence-corrected chi connectivity index (χ4v) is 3.62. The molecule has 0 bridgehead atoms. The maximum Gasteiger partial charge on any atom is 0.416 e. The summed E-state index contributed by atoms with van der Waals surface area (Å²) in [6.45, 7) is -0.0308. The first-order valence-corrected chi connectivity index (χ1v) is 10.8. The van der Waals surface area contributed by atoms with Crippen LogP contribution in [-0.4, -0.2) is 13.0 Å². The summed E-state index contributed by atoms with van der Waals surface area (Å²) in [5.74, 6) is -0.421. The summed E-state index contributed by atoms with van der Waals surface area (Å²) in [7, 11) is 1.42. The Hall–Kier alpha value is -3.04. The third-order valence-electron chi connectivity index (χ3n) is 4.56. The van der Waals surface area contributed by atoms with Gasteiger partial charge < -0.3 is 14.8 Å². The number of halogens is 6. The van der Waals surface area contributed by atoms with Crippen molar-refractivity contribution in [2.75, 3.05) is 12.4 Å². The zero-order chi connectivity index (χ0) is 24.9. The molecule has 3 aromatic rings. The quantitative estimate of drug-likeness (QED) is 0.241. The second-order valence-corrected chi connectivity index (χ2v) is 8.19. The minimum Gasteiger partial charge on any atom is -0.493 e. The first kappa shape index (κ1) is 25.6. The Kier molecular flexibility index (Phi) is 8.22.